The Morgan fingerprint density at radius 3 is 2.72 bits per heavy atom. The van der Waals surface area contributed by atoms with Gasteiger partial charge in [-0.25, -0.2) is 0 Å². The molecule has 0 saturated heterocycles. The number of pyridine rings is 1. The third kappa shape index (κ3) is 3.41. The number of hydrogen-bond acceptors (Lipinski definition) is 2. The Kier molecular flexibility index (Phi) is 4.91. The van der Waals surface area contributed by atoms with Gasteiger partial charge in [0.25, 0.3) is 0 Å². The summed E-state index contributed by atoms with van der Waals surface area (Å²) >= 11 is 0. The van der Waals surface area contributed by atoms with Crippen LogP contribution in [0.1, 0.15) is 62.2 Å². The van der Waals surface area contributed by atoms with E-state index >= 15 is 0 Å². The molecular weight excluding hydrogens is 222 g/mol. The molecule has 0 radical (unpaired) electrons. The molecule has 1 aliphatic rings. The predicted octanol–water partition coefficient (Wildman–Crippen LogP) is 4.26. The minimum atomic E-state index is 0.243. The lowest BCUT2D eigenvalue weighted by molar-refractivity contribution is 0.0869. The van der Waals surface area contributed by atoms with Crippen molar-refractivity contribution in [2.45, 2.75) is 51.9 Å². The van der Waals surface area contributed by atoms with Crippen LogP contribution >= 0.6 is 0 Å². The monoisotopic (exact) mass is 245 g/mol. The van der Waals surface area contributed by atoms with Crippen molar-refractivity contribution in [1.29, 1.82) is 0 Å². The van der Waals surface area contributed by atoms with E-state index in [1.807, 2.05) is 12.1 Å². The van der Waals surface area contributed by atoms with E-state index in [0.717, 1.165) is 24.3 Å². The van der Waals surface area contributed by atoms with Crippen molar-refractivity contribution in [1.82, 2.24) is 4.98 Å². The van der Waals surface area contributed by atoms with Crippen molar-refractivity contribution in [3.8, 4) is 0 Å². The van der Waals surface area contributed by atoms with Crippen LogP contribution in [0.2, 0.25) is 0 Å². The molecule has 98 valence electrons. The molecule has 2 rings (SSSR count). The van der Waals surface area contributed by atoms with E-state index < -0.39 is 0 Å². The molecule has 0 aromatic carbocycles. The van der Waals surface area contributed by atoms with E-state index in [1.165, 1.54) is 32.1 Å². The molecule has 2 nitrogen and oxygen atoms in total. The lowest BCUT2D eigenvalue weighted by Gasteiger charge is -2.27. The number of rotatable bonds is 5. The Bertz CT molecular complexity index is 366. The Morgan fingerprint density at radius 1 is 1.33 bits per heavy atom. The second-order valence-corrected chi connectivity index (χ2v) is 5.47. The number of aromatic nitrogens is 1. The first kappa shape index (κ1) is 13.3. The number of unbranched alkanes of at least 4 members (excludes halogenated alkanes) is 1. The van der Waals surface area contributed by atoms with E-state index in [2.05, 4.69) is 11.9 Å². The Morgan fingerprint density at radius 2 is 2.11 bits per heavy atom. The van der Waals surface area contributed by atoms with Crippen molar-refractivity contribution in [2.24, 2.45) is 11.8 Å². The second kappa shape index (κ2) is 6.67. The highest BCUT2D eigenvalue weighted by Crippen LogP contribution is 2.33. The first-order valence-corrected chi connectivity index (χ1v) is 7.25. The molecule has 0 amide bonds. The highest BCUT2D eigenvalue weighted by molar-refractivity contribution is 5.97. The predicted molar refractivity (Wildman–Crippen MR) is 73.5 cm³/mol. The summed E-state index contributed by atoms with van der Waals surface area (Å²) in [6.45, 7) is 2.25. The molecule has 1 aromatic rings. The van der Waals surface area contributed by atoms with Gasteiger partial charge < -0.3 is 0 Å². The van der Waals surface area contributed by atoms with Gasteiger partial charge in [-0.15, -0.1) is 0 Å². The summed E-state index contributed by atoms with van der Waals surface area (Å²) in [5.74, 6) is 1.41. The van der Waals surface area contributed by atoms with Crippen LogP contribution in [0.3, 0.4) is 0 Å². The summed E-state index contributed by atoms with van der Waals surface area (Å²) in [6, 6.07) is 3.73. The molecule has 1 aromatic heterocycles. The fourth-order valence-electron chi connectivity index (χ4n) is 2.95. The van der Waals surface area contributed by atoms with Crippen molar-refractivity contribution in [2.75, 3.05) is 0 Å². The second-order valence-electron chi connectivity index (χ2n) is 5.47. The van der Waals surface area contributed by atoms with Crippen LogP contribution in [0.15, 0.2) is 24.5 Å². The van der Waals surface area contributed by atoms with Crippen molar-refractivity contribution in [3.63, 3.8) is 0 Å². The molecule has 0 atom stereocenters. The lowest BCUT2D eigenvalue weighted by Crippen LogP contribution is -2.22. The average Bonchev–Trinajstić information content (AvgIpc) is 2.46. The normalized spacial score (nSPS) is 23.8. The fraction of sp³-hybridized carbons (Fsp3) is 0.625. The number of carbonyl (C=O) groups is 1. The first-order valence-electron chi connectivity index (χ1n) is 7.25. The molecule has 1 saturated carbocycles. The minimum absolute atomic E-state index is 0.243. The zero-order valence-corrected chi connectivity index (χ0v) is 11.3. The Balaban J connectivity index is 1.84. The lowest BCUT2D eigenvalue weighted by atomic mass is 9.77. The summed E-state index contributed by atoms with van der Waals surface area (Å²) in [4.78, 5) is 16.3. The highest BCUT2D eigenvalue weighted by Gasteiger charge is 2.26. The summed E-state index contributed by atoms with van der Waals surface area (Å²) < 4.78 is 0. The molecule has 0 aliphatic heterocycles. The van der Waals surface area contributed by atoms with Crippen LogP contribution in [0, 0.1) is 11.8 Å². The van der Waals surface area contributed by atoms with Gasteiger partial charge in [0.15, 0.2) is 5.78 Å². The highest BCUT2D eigenvalue weighted by atomic mass is 16.1. The van der Waals surface area contributed by atoms with Crippen LogP contribution < -0.4 is 0 Å². The molecule has 1 fully saturated rings. The number of nitrogens with zero attached hydrogens (tertiary/aromatic N) is 1. The Labute approximate surface area is 110 Å². The van der Waals surface area contributed by atoms with Gasteiger partial charge in [-0.2, -0.15) is 0 Å². The zero-order chi connectivity index (χ0) is 12.8. The molecule has 0 spiro atoms. The summed E-state index contributed by atoms with van der Waals surface area (Å²) in [6.07, 6.45) is 12.0. The topological polar surface area (TPSA) is 30.0 Å². The zero-order valence-electron chi connectivity index (χ0n) is 11.3. The third-order valence-corrected chi connectivity index (χ3v) is 4.13. The third-order valence-electron chi connectivity index (χ3n) is 4.13. The van der Waals surface area contributed by atoms with Gasteiger partial charge in [0.2, 0.25) is 0 Å². The standard InChI is InChI=1S/C16H23NO/c1-2-3-5-13-7-9-14(10-8-13)16(18)15-6-4-11-17-12-15/h4,6,11-14H,2-3,5,7-10H2,1H3. The van der Waals surface area contributed by atoms with Crippen LogP contribution in [0.4, 0.5) is 0 Å². The molecular formula is C16H23NO. The average molecular weight is 245 g/mol. The van der Waals surface area contributed by atoms with Gasteiger partial charge in [-0.3, -0.25) is 9.78 Å². The molecule has 0 bridgehead atoms. The molecule has 1 aliphatic carbocycles. The van der Waals surface area contributed by atoms with Crippen LogP contribution in [0.25, 0.3) is 0 Å². The van der Waals surface area contributed by atoms with Gasteiger partial charge in [0.05, 0.1) is 0 Å². The van der Waals surface area contributed by atoms with E-state index in [-0.39, 0.29) is 5.92 Å². The number of hydrogen-bond donors (Lipinski definition) is 0. The van der Waals surface area contributed by atoms with Gasteiger partial charge in [-0.1, -0.05) is 26.2 Å². The summed E-state index contributed by atoms with van der Waals surface area (Å²) in [5.41, 5.74) is 0.787. The minimum Gasteiger partial charge on any atom is -0.294 e. The maximum atomic E-state index is 12.3. The maximum absolute atomic E-state index is 12.3. The van der Waals surface area contributed by atoms with E-state index in [4.69, 9.17) is 0 Å². The van der Waals surface area contributed by atoms with Crippen LogP contribution in [-0.4, -0.2) is 10.8 Å². The quantitative estimate of drug-likeness (QED) is 0.725. The SMILES string of the molecule is CCCCC1CCC(C(=O)c2cccnc2)CC1. The van der Waals surface area contributed by atoms with Gasteiger partial charge in [0, 0.05) is 23.9 Å². The maximum Gasteiger partial charge on any atom is 0.167 e. The summed E-state index contributed by atoms with van der Waals surface area (Å²) in [7, 11) is 0. The van der Waals surface area contributed by atoms with Crippen LogP contribution in [-0.2, 0) is 0 Å². The first-order chi connectivity index (χ1) is 8.81. The summed E-state index contributed by atoms with van der Waals surface area (Å²) in [5, 5.41) is 0. The molecule has 1 heterocycles. The van der Waals surface area contributed by atoms with Gasteiger partial charge >= 0.3 is 0 Å². The Hall–Kier alpha value is -1.18. The number of ketones is 1. The van der Waals surface area contributed by atoms with E-state index in [1.54, 1.807) is 12.4 Å². The molecule has 0 unspecified atom stereocenters. The number of Topliss-reactive ketones (excluding diaryl/α,β-unsaturated/α-hetero) is 1. The van der Waals surface area contributed by atoms with Gasteiger partial charge in [-0.05, 0) is 43.7 Å². The largest absolute Gasteiger partial charge is 0.294 e. The van der Waals surface area contributed by atoms with Crippen molar-refractivity contribution >= 4 is 5.78 Å². The molecule has 18 heavy (non-hydrogen) atoms. The fourth-order valence-corrected chi connectivity index (χ4v) is 2.95. The van der Waals surface area contributed by atoms with Crippen molar-refractivity contribution < 1.29 is 4.79 Å². The van der Waals surface area contributed by atoms with E-state index in [9.17, 15) is 4.79 Å². The van der Waals surface area contributed by atoms with Crippen LogP contribution in [0.5, 0.6) is 0 Å². The van der Waals surface area contributed by atoms with Crippen molar-refractivity contribution in [3.05, 3.63) is 30.1 Å². The smallest absolute Gasteiger partial charge is 0.167 e. The van der Waals surface area contributed by atoms with E-state index in [0.29, 0.717) is 5.78 Å². The molecule has 2 heteroatoms. The number of carbonyl (C=O) groups excluding carboxylic acids is 1. The van der Waals surface area contributed by atoms with Gasteiger partial charge in [0.1, 0.15) is 0 Å². The molecule has 0 N–H and O–H groups in total.